The van der Waals surface area contributed by atoms with Gasteiger partial charge in [-0.05, 0) is 31.0 Å². The second-order valence-corrected chi connectivity index (χ2v) is 6.80. The van der Waals surface area contributed by atoms with E-state index in [1.54, 1.807) is 25.3 Å². The highest BCUT2D eigenvalue weighted by atomic mass is 16.6. The SMILES string of the molecule is COc1ccccc1OCCNC(=O)C1CCN(c2ccccc2[N+](=O)[O-])CC1. The highest BCUT2D eigenvalue weighted by molar-refractivity contribution is 5.79. The number of ether oxygens (including phenoxy) is 2. The third-order valence-electron chi connectivity index (χ3n) is 5.01. The number of carbonyl (C=O) groups excluding carboxylic acids is 1. The van der Waals surface area contributed by atoms with Crippen molar-refractivity contribution in [2.45, 2.75) is 12.8 Å². The highest BCUT2D eigenvalue weighted by Gasteiger charge is 2.27. The van der Waals surface area contributed by atoms with E-state index in [1.807, 2.05) is 29.2 Å². The van der Waals surface area contributed by atoms with E-state index in [-0.39, 0.29) is 22.4 Å². The molecule has 1 aliphatic heterocycles. The number of benzene rings is 2. The first-order chi connectivity index (χ1) is 14.1. The first kappa shape index (κ1) is 20.4. The number of anilines is 1. The number of nitro groups is 1. The van der Waals surface area contributed by atoms with Gasteiger partial charge in [0, 0.05) is 25.1 Å². The van der Waals surface area contributed by atoms with Crippen molar-refractivity contribution >= 4 is 17.3 Å². The van der Waals surface area contributed by atoms with Crippen LogP contribution in [0.15, 0.2) is 48.5 Å². The average molecular weight is 399 g/mol. The molecule has 1 N–H and O–H groups in total. The zero-order valence-electron chi connectivity index (χ0n) is 16.4. The lowest BCUT2D eigenvalue weighted by Gasteiger charge is -2.32. The van der Waals surface area contributed by atoms with E-state index in [0.717, 1.165) is 0 Å². The molecule has 1 amide bonds. The number of carbonyl (C=O) groups is 1. The molecule has 2 aromatic rings. The van der Waals surface area contributed by atoms with Crippen LogP contribution in [0.2, 0.25) is 0 Å². The lowest BCUT2D eigenvalue weighted by molar-refractivity contribution is -0.384. The predicted octanol–water partition coefficient (Wildman–Crippen LogP) is 3.02. The zero-order valence-corrected chi connectivity index (χ0v) is 16.4. The van der Waals surface area contributed by atoms with Crippen LogP contribution in [0.5, 0.6) is 11.5 Å². The van der Waals surface area contributed by atoms with Crippen LogP contribution in [0, 0.1) is 16.0 Å². The van der Waals surface area contributed by atoms with E-state index in [2.05, 4.69) is 5.32 Å². The van der Waals surface area contributed by atoms with E-state index >= 15 is 0 Å². The molecule has 3 rings (SSSR count). The Balaban J connectivity index is 1.44. The van der Waals surface area contributed by atoms with Crippen LogP contribution >= 0.6 is 0 Å². The molecule has 154 valence electrons. The number of rotatable bonds is 8. The van der Waals surface area contributed by atoms with Crippen LogP contribution in [0.25, 0.3) is 0 Å². The lowest BCUT2D eigenvalue weighted by atomic mass is 9.95. The van der Waals surface area contributed by atoms with E-state index < -0.39 is 0 Å². The van der Waals surface area contributed by atoms with Crippen LogP contribution in [0.4, 0.5) is 11.4 Å². The molecular formula is C21H25N3O5. The van der Waals surface area contributed by atoms with Gasteiger partial charge < -0.3 is 19.7 Å². The fraction of sp³-hybridized carbons (Fsp3) is 0.381. The maximum Gasteiger partial charge on any atom is 0.292 e. The molecular weight excluding hydrogens is 374 g/mol. The van der Waals surface area contributed by atoms with Gasteiger partial charge in [0.1, 0.15) is 12.3 Å². The Morgan fingerprint density at radius 2 is 1.79 bits per heavy atom. The molecule has 1 saturated heterocycles. The maximum absolute atomic E-state index is 12.4. The molecule has 0 atom stereocenters. The summed E-state index contributed by atoms with van der Waals surface area (Å²) in [5, 5.41) is 14.1. The van der Waals surface area contributed by atoms with Crippen molar-refractivity contribution in [2.24, 2.45) is 5.92 Å². The normalized spacial score (nSPS) is 14.3. The largest absolute Gasteiger partial charge is 0.493 e. The summed E-state index contributed by atoms with van der Waals surface area (Å²) in [7, 11) is 1.58. The van der Waals surface area contributed by atoms with Crippen molar-refractivity contribution in [1.82, 2.24) is 5.32 Å². The van der Waals surface area contributed by atoms with Crippen LogP contribution in [0.3, 0.4) is 0 Å². The number of hydrogen-bond acceptors (Lipinski definition) is 6. The third kappa shape index (κ3) is 5.16. The van der Waals surface area contributed by atoms with Crippen molar-refractivity contribution in [3.05, 3.63) is 58.6 Å². The Morgan fingerprint density at radius 3 is 2.48 bits per heavy atom. The molecule has 0 saturated carbocycles. The summed E-state index contributed by atoms with van der Waals surface area (Å²) < 4.78 is 10.9. The molecule has 1 aliphatic rings. The highest BCUT2D eigenvalue weighted by Crippen LogP contribution is 2.31. The number of para-hydroxylation sites is 4. The summed E-state index contributed by atoms with van der Waals surface area (Å²) in [5.41, 5.74) is 0.713. The molecule has 0 unspecified atom stereocenters. The Morgan fingerprint density at radius 1 is 1.14 bits per heavy atom. The van der Waals surface area contributed by atoms with Crippen molar-refractivity contribution in [3.63, 3.8) is 0 Å². The molecule has 29 heavy (non-hydrogen) atoms. The fourth-order valence-corrected chi connectivity index (χ4v) is 3.49. The Hall–Kier alpha value is -3.29. The van der Waals surface area contributed by atoms with Gasteiger partial charge >= 0.3 is 0 Å². The Bertz CT molecular complexity index is 850. The minimum atomic E-state index is -0.365. The minimum Gasteiger partial charge on any atom is -0.493 e. The van der Waals surface area contributed by atoms with E-state index in [0.29, 0.717) is 56.3 Å². The van der Waals surface area contributed by atoms with Crippen LogP contribution in [0.1, 0.15) is 12.8 Å². The predicted molar refractivity (Wildman–Crippen MR) is 110 cm³/mol. The molecule has 0 aliphatic carbocycles. The minimum absolute atomic E-state index is 0.00385. The van der Waals surface area contributed by atoms with Gasteiger partial charge in [-0.25, -0.2) is 0 Å². The van der Waals surface area contributed by atoms with E-state index in [4.69, 9.17) is 9.47 Å². The Kier molecular flexibility index (Phi) is 6.89. The summed E-state index contributed by atoms with van der Waals surface area (Å²) >= 11 is 0. The topological polar surface area (TPSA) is 93.9 Å². The smallest absolute Gasteiger partial charge is 0.292 e. The third-order valence-corrected chi connectivity index (χ3v) is 5.01. The monoisotopic (exact) mass is 399 g/mol. The second-order valence-electron chi connectivity index (χ2n) is 6.80. The van der Waals surface area contributed by atoms with Gasteiger partial charge in [0.25, 0.3) is 5.69 Å². The number of hydrogen-bond donors (Lipinski definition) is 1. The van der Waals surface area contributed by atoms with Gasteiger partial charge in [0.15, 0.2) is 11.5 Å². The molecule has 0 aromatic heterocycles. The molecule has 0 spiro atoms. The Labute approximate surface area is 169 Å². The van der Waals surface area contributed by atoms with Crippen LogP contribution in [-0.2, 0) is 4.79 Å². The second kappa shape index (κ2) is 9.77. The van der Waals surface area contributed by atoms with Crippen molar-refractivity contribution in [3.8, 4) is 11.5 Å². The fourth-order valence-electron chi connectivity index (χ4n) is 3.49. The number of methoxy groups -OCH3 is 1. The molecule has 8 heteroatoms. The molecule has 1 fully saturated rings. The molecule has 0 bridgehead atoms. The first-order valence-electron chi connectivity index (χ1n) is 9.62. The van der Waals surface area contributed by atoms with Gasteiger partial charge in [-0.15, -0.1) is 0 Å². The maximum atomic E-state index is 12.4. The molecule has 1 heterocycles. The summed E-state index contributed by atoms with van der Waals surface area (Å²) in [6, 6.07) is 14.1. The zero-order chi connectivity index (χ0) is 20.6. The van der Waals surface area contributed by atoms with Gasteiger partial charge in [-0.2, -0.15) is 0 Å². The van der Waals surface area contributed by atoms with Crippen LogP contribution in [-0.4, -0.2) is 44.2 Å². The van der Waals surface area contributed by atoms with Gasteiger partial charge in [0.05, 0.1) is 18.6 Å². The van der Waals surface area contributed by atoms with Crippen molar-refractivity contribution in [2.75, 3.05) is 38.3 Å². The number of nitro benzene ring substituents is 1. The number of amides is 1. The standard InChI is InChI=1S/C21H25N3O5/c1-28-19-8-4-5-9-20(19)29-15-12-22-21(25)16-10-13-23(14-11-16)17-6-2-3-7-18(17)24(26)27/h2-9,16H,10-15H2,1H3,(H,22,25). The summed E-state index contributed by atoms with van der Waals surface area (Å²) in [6.45, 7) is 1.98. The van der Waals surface area contributed by atoms with Crippen molar-refractivity contribution in [1.29, 1.82) is 0 Å². The van der Waals surface area contributed by atoms with Gasteiger partial charge in [-0.1, -0.05) is 24.3 Å². The van der Waals surface area contributed by atoms with E-state index in [9.17, 15) is 14.9 Å². The van der Waals surface area contributed by atoms with Gasteiger partial charge in [-0.3, -0.25) is 14.9 Å². The molecule has 2 aromatic carbocycles. The summed E-state index contributed by atoms with van der Waals surface area (Å²) in [6.07, 6.45) is 1.32. The summed E-state index contributed by atoms with van der Waals surface area (Å²) in [5.74, 6) is 1.19. The quantitative estimate of drug-likeness (QED) is 0.417. The molecule has 0 radical (unpaired) electrons. The molecule has 8 nitrogen and oxygen atoms in total. The lowest BCUT2D eigenvalue weighted by Crippen LogP contribution is -2.41. The summed E-state index contributed by atoms with van der Waals surface area (Å²) in [4.78, 5) is 25.3. The van der Waals surface area contributed by atoms with Gasteiger partial charge in [0.2, 0.25) is 5.91 Å². The number of nitrogens with zero attached hydrogens (tertiary/aromatic N) is 2. The van der Waals surface area contributed by atoms with Crippen molar-refractivity contribution < 1.29 is 19.2 Å². The van der Waals surface area contributed by atoms with E-state index in [1.165, 1.54) is 6.07 Å². The average Bonchev–Trinajstić information content (AvgIpc) is 2.77. The van der Waals surface area contributed by atoms with Crippen LogP contribution < -0.4 is 19.7 Å². The number of piperidine rings is 1. The first-order valence-corrected chi connectivity index (χ1v) is 9.62. The number of nitrogens with one attached hydrogen (secondary N) is 1.